The number of para-hydroxylation sites is 1. The van der Waals surface area contributed by atoms with Crippen LogP contribution in [0.5, 0.6) is 5.75 Å². The molecule has 25 heavy (non-hydrogen) atoms. The highest BCUT2D eigenvalue weighted by Gasteiger charge is 2.14. The van der Waals surface area contributed by atoms with Crippen LogP contribution in [0.2, 0.25) is 0 Å². The number of phenols is 1. The van der Waals surface area contributed by atoms with E-state index < -0.39 is 0 Å². The maximum Gasteiger partial charge on any atom is 0.134 e. The van der Waals surface area contributed by atoms with Crippen LogP contribution >= 0.6 is 0 Å². The smallest absolute Gasteiger partial charge is 0.134 e. The number of benzene rings is 3. The molecule has 0 radical (unpaired) electrons. The summed E-state index contributed by atoms with van der Waals surface area (Å²) in [6.07, 6.45) is 4.16. The fourth-order valence-corrected chi connectivity index (χ4v) is 3.48. The highest BCUT2D eigenvalue weighted by Crippen LogP contribution is 2.30. The lowest BCUT2D eigenvalue weighted by molar-refractivity contribution is 0.476. The fraction of sp³-hybridized carbons (Fsp3) is 0.217. The van der Waals surface area contributed by atoms with Gasteiger partial charge in [0, 0.05) is 23.8 Å². The van der Waals surface area contributed by atoms with Gasteiger partial charge in [-0.15, -0.1) is 0 Å². The van der Waals surface area contributed by atoms with E-state index >= 15 is 0 Å². The Labute approximate surface area is 147 Å². The average molecular weight is 330 g/mol. The average Bonchev–Trinajstić information content (AvgIpc) is 2.98. The van der Waals surface area contributed by atoms with Gasteiger partial charge in [0.2, 0.25) is 0 Å². The third-order valence-electron chi connectivity index (χ3n) is 4.81. The quantitative estimate of drug-likeness (QED) is 0.471. The van der Waals surface area contributed by atoms with Gasteiger partial charge in [0.25, 0.3) is 0 Å². The zero-order valence-corrected chi connectivity index (χ0v) is 14.5. The second-order valence-corrected chi connectivity index (χ2v) is 6.65. The summed E-state index contributed by atoms with van der Waals surface area (Å²) in [6, 6.07) is 20.3. The van der Waals surface area contributed by atoms with Gasteiger partial charge in [0.15, 0.2) is 0 Å². The standard InChI is InChI=1S/C23H22O2/c1-2-3-7-23-21(20-6-4-5-8-22(20)25-23)14-16-9-10-18-15-19(24)12-11-17(18)13-16/h4-6,8-13,15,24H,2-3,7,14H2,1H3. The monoisotopic (exact) mass is 330 g/mol. The summed E-state index contributed by atoms with van der Waals surface area (Å²) in [5.41, 5.74) is 3.55. The molecule has 0 atom stereocenters. The van der Waals surface area contributed by atoms with Crippen LogP contribution in [0.4, 0.5) is 0 Å². The summed E-state index contributed by atoms with van der Waals surface area (Å²) in [4.78, 5) is 0. The second kappa shape index (κ2) is 6.64. The second-order valence-electron chi connectivity index (χ2n) is 6.65. The molecule has 0 fully saturated rings. The minimum absolute atomic E-state index is 0.308. The van der Waals surface area contributed by atoms with Gasteiger partial charge in [-0.05, 0) is 41.0 Å². The molecule has 2 nitrogen and oxygen atoms in total. The Bertz CT molecular complexity index is 1030. The largest absolute Gasteiger partial charge is 0.508 e. The Kier molecular flexibility index (Phi) is 4.19. The van der Waals surface area contributed by atoms with Crippen molar-refractivity contribution in [3.8, 4) is 5.75 Å². The summed E-state index contributed by atoms with van der Waals surface area (Å²) >= 11 is 0. The van der Waals surface area contributed by atoms with Gasteiger partial charge in [-0.25, -0.2) is 0 Å². The first-order valence-electron chi connectivity index (χ1n) is 8.95. The molecule has 0 aliphatic rings. The van der Waals surface area contributed by atoms with Gasteiger partial charge in [-0.1, -0.05) is 55.8 Å². The van der Waals surface area contributed by atoms with Crippen LogP contribution in [0.15, 0.2) is 65.1 Å². The van der Waals surface area contributed by atoms with Crippen LogP contribution in [0.25, 0.3) is 21.7 Å². The van der Waals surface area contributed by atoms with E-state index in [0.717, 1.165) is 47.8 Å². The molecule has 4 rings (SSSR count). The maximum atomic E-state index is 9.63. The molecule has 126 valence electrons. The van der Waals surface area contributed by atoms with Crippen LogP contribution in [0.1, 0.15) is 36.7 Å². The molecule has 0 aliphatic heterocycles. The number of unbranched alkanes of at least 4 members (excludes halogenated alkanes) is 1. The van der Waals surface area contributed by atoms with Gasteiger partial charge < -0.3 is 9.52 Å². The molecule has 1 heterocycles. The van der Waals surface area contributed by atoms with Crippen LogP contribution in [0.3, 0.4) is 0 Å². The Balaban J connectivity index is 1.75. The fourth-order valence-electron chi connectivity index (χ4n) is 3.48. The van der Waals surface area contributed by atoms with Gasteiger partial charge in [0.1, 0.15) is 17.1 Å². The number of rotatable bonds is 5. The van der Waals surface area contributed by atoms with Gasteiger partial charge in [-0.3, -0.25) is 0 Å². The Morgan fingerprint density at radius 2 is 1.72 bits per heavy atom. The highest BCUT2D eigenvalue weighted by molar-refractivity contribution is 5.85. The van der Waals surface area contributed by atoms with Crippen molar-refractivity contribution >= 4 is 21.7 Å². The van der Waals surface area contributed by atoms with Crippen molar-refractivity contribution in [2.24, 2.45) is 0 Å². The molecule has 0 saturated heterocycles. The molecular formula is C23H22O2. The van der Waals surface area contributed by atoms with E-state index in [2.05, 4.69) is 43.3 Å². The van der Waals surface area contributed by atoms with E-state index in [1.165, 1.54) is 16.5 Å². The van der Waals surface area contributed by atoms with Crippen LogP contribution < -0.4 is 0 Å². The van der Waals surface area contributed by atoms with Crippen molar-refractivity contribution in [3.63, 3.8) is 0 Å². The molecule has 0 amide bonds. The van der Waals surface area contributed by atoms with Gasteiger partial charge in [0.05, 0.1) is 0 Å². The predicted molar refractivity (Wildman–Crippen MR) is 103 cm³/mol. The molecule has 2 heteroatoms. The van der Waals surface area contributed by atoms with Crippen molar-refractivity contribution in [2.45, 2.75) is 32.6 Å². The van der Waals surface area contributed by atoms with Crippen molar-refractivity contribution in [3.05, 3.63) is 77.6 Å². The molecule has 0 bridgehead atoms. The maximum absolute atomic E-state index is 9.63. The van der Waals surface area contributed by atoms with E-state index in [4.69, 9.17) is 4.42 Å². The normalized spacial score (nSPS) is 11.4. The minimum Gasteiger partial charge on any atom is -0.508 e. The topological polar surface area (TPSA) is 33.4 Å². The molecule has 0 unspecified atom stereocenters. The van der Waals surface area contributed by atoms with E-state index in [9.17, 15) is 5.11 Å². The number of hydrogen-bond acceptors (Lipinski definition) is 2. The van der Waals surface area contributed by atoms with Gasteiger partial charge >= 0.3 is 0 Å². The lowest BCUT2D eigenvalue weighted by Crippen LogP contribution is -1.93. The molecule has 0 spiro atoms. The van der Waals surface area contributed by atoms with E-state index in [1.807, 2.05) is 12.1 Å². The van der Waals surface area contributed by atoms with Crippen molar-refractivity contribution in [1.29, 1.82) is 0 Å². The number of fused-ring (bicyclic) bond motifs is 2. The molecule has 3 aromatic carbocycles. The lowest BCUT2D eigenvalue weighted by Gasteiger charge is -2.06. The molecule has 0 saturated carbocycles. The van der Waals surface area contributed by atoms with Crippen molar-refractivity contribution < 1.29 is 9.52 Å². The third kappa shape index (κ3) is 3.12. The number of hydrogen-bond donors (Lipinski definition) is 1. The minimum atomic E-state index is 0.308. The summed E-state index contributed by atoms with van der Waals surface area (Å²) in [5, 5.41) is 13.1. The summed E-state index contributed by atoms with van der Waals surface area (Å²) in [5.74, 6) is 1.43. The predicted octanol–water partition coefficient (Wildman–Crippen LogP) is 6.23. The van der Waals surface area contributed by atoms with Gasteiger partial charge in [-0.2, -0.15) is 0 Å². The number of phenolic OH excluding ortho intramolecular Hbond substituents is 1. The first-order chi connectivity index (χ1) is 12.2. The zero-order valence-electron chi connectivity index (χ0n) is 14.5. The first-order valence-corrected chi connectivity index (χ1v) is 8.95. The Hall–Kier alpha value is -2.74. The SMILES string of the molecule is CCCCc1oc2ccccc2c1Cc1ccc2cc(O)ccc2c1. The Morgan fingerprint density at radius 1 is 0.920 bits per heavy atom. The lowest BCUT2D eigenvalue weighted by atomic mass is 9.97. The van der Waals surface area contributed by atoms with E-state index in [-0.39, 0.29) is 0 Å². The molecule has 1 N–H and O–H groups in total. The number of furan rings is 1. The first kappa shape index (κ1) is 15.8. The summed E-state index contributed by atoms with van der Waals surface area (Å²) in [6.45, 7) is 2.21. The zero-order chi connectivity index (χ0) is 17.2. The molecule has 0 aliphatic carbocycles. The summed E-state index contributed by atoms with van der Waals surface area (Å²) in [7, 11) is 0. The van der Waals surface area contributed by atoms with E-state index in [1.54, 1.807) is 12.1 Å². The van der Waals surface area contributed by atoms with Crippen LogP contribution in [0, 0.1) is 0 Å². The molecular weight excluding hydrogens is 308 g/mol. The molecule has 1 aromatic heterocycles. The third-order valence-corrected chi connectivity index (χ3v) is 4.81. The number of aromatic hydroxyl groups is 1. The number of aryl methyl sites for hydroxylation is 1. The Morgan fingerprint density at radius 3 is 2.60 bits per heavy atom. The van der Waals surface area contributed by atoms with Crippen molar-refractivity contribution in [1.82, 2.24) is 0 Å². The van der Waals surface area contributed by atoms with E-state index in [0.29, 0.717) is 5.75 Å². The highest BCUT2D eigenvalue weighted by atomic mass is 16.3. The molecule has 4 aromatic rings. The van der Waals surface area contributed by atoms with Crippen LogP contribution in [-0.4, -0.2) is 5.11 Å². The van der Waals surface area contributed by atoms with Crippen LogP contribution in [-0.2, 0) is 12.8 Å². The summed E-state index contributed by atoms with van der Waals surface area (Å²) < 4.78 is 6.14. The van der Waals surface area contributed by atoms with Crippen molar-refractivity contribution in [2.75, 3.05) is 0 Å².